The number of rotatable bonds is 4. The molecule has 0 radical (unpaired) electrons. The topological polar surface area (TPSA) is 61.8 Å². The Balaban J connectivity index is 1.64. The van der Waals surface area contributed by atoms with E-state index in [2.05, 4.69) is 5.32 Å². The number of nitrogens with zero attached hydrogens (tertiary/aromatic N) is 1. The van der Waals surface area contributed by atoms with Gasteiger partial charge >= 0.3 is 12.2 Å². The van der Waals surface area contributed by atoms with Crippen LogP contribution in [0.25, 0.3) is 0 Å². The highest BCUT2D eigenvalue weighted by atomic mass is 19.4. The molecule has 2 N–H and O–H groups in total. The van der Waals surface area contributed by atoms with Crippen LogP contribution in [0.15, 0.2) is 42.5 Å². The highest BCUT2D eigenvalue weighted by molar-refractivity contribution is 5.74. The Morgan fingerprint density at radius 2 is 1.83 bits per heavy atom. The molecule has 1 saturated carbocycles. The van der Waals surface area contributed by atoms with Crippen LogP contribution >= 0.6 is 0 Å². The molecule has 2 aliphatic rings. The van der Waals surface area contributed by atoms with Gasteiger partial charge in [0.25, 0.3) is 0 Å². The number of hydrogen-bond acceptors (Lipinski definition) is 3. The standard InChI is InChI=1S/C26H30F4N2O3/c1-14-10-17(12-18(11-14)26(28,29)30)15(2)35-22-9-8-20-21(13-32(24(20)33)25(34)31-3)23(22)16-4-6-19(27)7-5-16/h4-7,10-12,15,20-24,33H,8-9,13H2,1-3H3,(H,31,34)/t15-,20+,21-,22+,23+,24?/m1/s1. The zero-order valence-electron chi connectivity index (χ0n) is 19.8. The number of aliphatic hydroxyl groups excluding tert-OH is 1. The van der Waals surface area contributed by atoms with Crippen molar-refractivity contribution in [3.63, 3.8) is 0 Å². The van der Waals surface area contributed by atoms with Crippen molar-refractivity contribution in [3.05, 3.63) is 70.5 Å². The van der Waals surface area contributed by atoms with E-state index in [1.807, 2.05) is 0 Å². The Hall–Kier alpha value is -2.65. The SMILES string of the molecule is CNC(=O)N1C[C@H]2[C@H](c3ccc(F)cc3)[C@@H](O[C@H](C)c3cc(C)cc(C(F)(F)F)c3)CC[C@@H]2C1O. The van der Waals surface area contributed by atoms with E-state index in [1.54, 1.807) is 32.0 Å². The first-order chi connectivity index (χ1) is 16.5. The number of aliphatic hydroxyl groups is 1. The van der Waals surface area contributed by atoms with Gasteiger partial charge in [0.15, 0.2) is 0 Å². The molecule has 1 saturated heterocycles. The number of fused-ring (bicyclic) bond motifs is 1. The molecule has 2 amide bonds. The minimum atomic E-state index is -4.46. The van der Waals surface area contributed by atoms with E-state index in [9.17, 15) is 27.5 Å². The van der Waals surface area contributed by atoms with Gasteiger partial charge in [0, 0.05) is 25.4 Å². The number of likely N-dealkylation sites (tertiary alicyclic amines) is 1. The van der Waals surface area contributed by atoms with Crippen LogP contribution in [0.3, 0.4) is 0 Å². The lowest BCUT2D eigenvalue weighted by Gasteiger charge is -2.41. The van der Waals surface area contributed by atoms with Crippen LogP contribution in [0.1, 0.15) is 54.0 Å². The van der Waals surface area contributed by atoms with E-state index in [0.717, 1.165) is 17.7 Å². The minimum absolute atomic E-state index is 0.151. The second-order valence-electron chi connectivity index (χ2n) is 9.55. The molecule has 9 heteroatoms. The number of amides is 2. The number of carbonyl (C=O) groups excluding carboxylic acids is 1. The molecule has 0 aromatic heterocycles. The second-order valence-corrected chi connectivity index (χ2v) is 9.55. The molecular weight excluding hydrogens is 464 g/mol. The van der Waals surface area contributed by atoms with Gasteiger partial charge in [-0.25, -0.2) is 9.18 Å². The fourth-order valence-corrected chi connectivity index (χ4v) is 5.68. The summed E-state index contributed by atoms with van der Waals surface area (Å²) in [5.41, 5.74) is 1.01. The van der Waals surface area contributed by atoms with E-state index in [4.69, 9.17) is 4.74 Å². The minimum Gasteiger partial charge on any atom is -0.373 e. The van der Waals surface area contributed by atoms with Crippen LogP contribution in [0, 0.1) is 24.6 Å². The van der Waals surface area contributed by atoms with Gasteiger partial charge in [-0.1, -0.05) is 23.8 Å². The Morgan fingerprint density at radius 3 is 2.46 bits per heavy atom. The molecule has 35 heavy (non-hydrogen) atoms. The fourth-order valence-electron chi connectivity index (χ4n) is 5.68. The summed E-state index contributed by atoms with van der Waals surface area (Å²) in [5, 5.41) is 13.4. The number of benzene rings is 2. The second kappa shape index (κ2) is 9.78. The molecule has 1 heterocycles. The van der Waals surface area contributed by atoms with Crippen LogP contribution < -0.4 is 5.32 Å². The molecule has 2 aromatic carbocycles. The number of hydrogen-bond donors (Lipinski definition) is 2. The highest BCUT2D eigenvalue weighted by Crippen LogP contribution is 2.49. The van der Waals surface area contributed by atoms with Crippen LogP contribution in [0.4, 0.5) is 22.4 Å². The molecule has 0 spiro atoms. The van der Waals surface area contributed by atoms with Crippen LogP contribution in [-0.2, 0) is 10.9 Å². The lowest BCUT2D eigenvalue weighted by molar-refractivity contribution is -0.137. The van der Waals surface area contributed by atoms with Gasteiger partial charge in [0.05, 0.1) is 17.8 Å². The van der Waals surface area contributed by atoms with Crippen LogP contribution in [0.5, 0.6) is 0 Å². The first kappa shape index (κ1) is 25.4. The third-order valence-electron chi connectivity index (χ3n) is 7.31. The van der Waals surface area contributed by atoms with Crippen molar-refractivity contribution in [1.29, 1.82) is 0 Å². The molecular formula is C26H30F4N2O3. The van der Waals surface area contributed by atoms with Crippen molar-refractivity contribution in [3.8, 4) is 0 Å². The average molecular weight is 495 g/mol. The van der Waals surface area contributed by atoms with Gasteiger partial charge < -0.3 is 15.2 Å². The van der Waals surface area contributed by atoms with Gasteiger partial charge in [-0.3, -0.25) is 4.90 Å². The zero-order valence-corrected chi connectivity index (χ0v) is 19.8. The van der Waals surface area contributed by atoms with Gasteiger partial charge in [-0.15, -0.1) is 0 Å². The molecule has 5 nitrogen and oxygen atoms in total. The molecule has 4 rings (SSSR count). The Kier molecular flexibility index (Phi) is 7.11. The summed E-state index contributed by atoms with van der Waals surface area (Å²) >= 11 is 0. The number of nitrogens with one attached hydrogen (secondary N) is 1. The van der Waals surface area contributed by atoms with Crippen LogP contribution in [0.2, 0.25) is 0 Å². The van der Waals surface area contributed by atoms with Gasteiger partial charge in [-0.2, -0.15) is 13.2 Å². The van der Waals surface area contributed by atoms with E-state index in [1.165, 1.54) is 24.1 Å². The van der Waals surface area contributed by atoms with Crippen LogP contribution in [-0.4, -0.2) is 42.0 Å². The predicted molar refractivity (Wildman–Crippen MR) is 122 cm³/mol. The largest absolute Gasteiger partial charge is 0.416 e. The molecule has 0 bridgehead atoms. The third-order valence-corrected chi connectivity index (χ3v) is 7.31. The summed E-state index contributed by atoms with van der Waals surface area (Å²) in [5.74, 6) is -0.992. The number of carbonyl (C=O) groups is 1. The lowest BCUT2D eigenvalue weighted by Crippen LogP contribution is -2.42. The van der Waals surface area contributed by atoms with E-state index in [0.29, 0.717) is 30.5 Å². The summed E-state index contributed by atoms with van der Waals surface area (Å²) in [6, 6.07) is 9.59. The summed E-state index contributed by atoms with van der Waals surface area (Å²) < 4.78 is 60.2. The van der Waals surface area contributed by atoms with Crippen molar-refractivity contribution in [2.75, 3.05) is 13.6 Å². The van der Waals surface area contributed by atoms with E-state index >= 15 is 0 Å². The average Bonchev–Trinajstić information content (AvgIpc) is 3.14. The van der Waals surface area contributed by atoms with Gasteiger partial charge in [-0.05, 0) is 68.0 Å². The van der Waals surface area contributed by atoms with Crippen molar-refractivity contribution >= 4 is 6.03 Å². The maximum Gasteiger partial charge on any atom is 0.416 e. The molecule has 2 fully saturated rings. The summed E-state index contributed by atoms with van der Waals surface area (Å²) in [4.78, 5) is 13.7. The third kappa shape index (κ3) is 5.16. The number of halogens is 4. The van der Waals surface area contributed by atoms with Crippen molar-refractivity contribution in [2.24, 2.45) is 11.8 Å². The van der Waals surface area contributed by atoms with Crippen molar-refractivity contribution in [1.82, 2.24) is 10.2 Å². The molecule has 1 aliphatic carbocycles. The molecule has 2 aromatic rings. The summed E-state index contributed by atoms with van der Waals surface area (Å²) in [7, 11) is 1.50. The number of aryl methyl sites for hydroxylation is 1. The molecule has 1 unspecified atom stereocenters. The Morgan fingerprint density at radius 1 is 1.14 bits per heavy atom. The van der Waals surface area contributed by atoms with Gasteiger partial charge in [0.1, 0.15) is 12.0 Å². The predicted octanol–water partition coefficient (Wildman–Crippen LogP) is 5.38. The van der Waals surface area contributed by atoms with Crippen molar-refractivity contribution < 1.29 is 32.2 Å². The smallest absolute Gasteiger partial charge is 0.373 e. The maximum absolute atomic E-state index is 13.7. The summed E-state index contributed by atoms with van der Waals surface area (Å²) in [6.07, 6.45) is -5.28. The lowest BCUT2D eigenvalue weighted by atomic mass is 9.69. The zero-order chi connectivity index (χ0) is 25.5. The first-order valence-corrected chi connectivity index (χ1v) is 11.8. The number of ether oxygens (including phenoxy) is 1. The number of alkyl halides is 3. The van der Waals surface area contributed by atoms with E-state index < -0.39 is 24.1 Å². The van der Waals surface area contributed by atoms with E-state index in [-0.39, 0.29) is 35.7 Å². The quantitative estimate of drug-likeness (QED) is 0.561. The summed E-state index contributed by atoms with van der Waals surface area (Å²) in [6.45, 7) is 3.64. The molecule has 1 aliphatic heterocycles. The Bertz CT molecular complexity index is 1060. The highest BCUT2D eigenvalue weighted by Gasteiger charge is 2.51. The normalized spacial score (nSPS) is 27.4. The fraction of sp³-hybridized carbons (Fsp3) is 0.500. The monoisotopic (exact) mass is 494 g/mol. The Labute approximate surface area is 202 Å². The first-order valence-electron chi connectivity index (χ1n) is 11.8. The van der Waals surface area contributed by atoms with Crippen molar-refractivity contribution in [2.45, 2.75) is 57.2 Å². The number of urea groups is 1. The van der Waals surface area contributed by atoms with Gasteiger partial charge in [0.2, 0.25) is 0 Å². The molecule has 190 valence electrons. The molecule has 6 atom stereocenters. The maximum atomic E-state index is 13.7.